The van der Waals surface area contributed by atoms with E-state index in [1.165, 1.54) is 6.33 Å². The van der Waals surface area contributed by atoms with Gasteiger partial charge < -0.3 is 24.3 Å². The lowest BCUT2D eigenvalue weighted by atomic mass is 10.2. The summed E-state index contributed by atoms with van der Waals surface area (Å²) in [5.41, 5.74) is 1.61. The van der Waals surface area contributed by atoms with Gasteiger partial charge in [-0.15, -0.1) is 0 Å². The van der Waals surface area contributed by atoms with E-state index in [0.717, 1.165) is 55.9 Å². The third-order valence-electron chi connectivity index (χ3n) is 5.69. The number of fused-ring (bicyclic) bond motifs is 1. The Morgan fingerprint density at radius 3 is 2.49 bits per heavy atom. The standard InChI is InChI=1S/C27H35N5O5/c1-27(2,3)37-26(33)31-20-8-6-19(7-9-20)30-25-21-16-23(34-4)24(17-22(21)28-18-29-25)36-13-5-10-32-11-14-35-15-12-32/h6-9,16-18H,5,10-15H2,1-4H3,(H,31,33)(H,28,29,30). The summed E-state index contributed by atoms with van der Waals surface area (Å²) in [6.07, 6.45) is 1.93. The second-order valence-corrected chi connectivity index (χ2v) is 9.73. The minimum Gasteiger partial charge on any atom is -0.493 e. The number of hydrogen-bond acceptors (Lipinski definition) is 9. The Morgan fingerprint density at radius 1 is 1.05 bits per heavy atom. The van der Waals surface area contributed by atoms with Crippen molar-refractivity contribution in [3.63, 3.8) is 0 Å². The maximum Gasteiger partial charge on any atom is 0.412 e. The number of amides is 1. The molecule has 1 aliphatic heterocycles. The topological polar surface area (TPSA) is 107 Å². The molecule has 0 aliphatic carbocycles. The van der Waals surface area contributed by atoms with Crippen LogP contribution in [0.5, 0.6) is 11.5 Å². The summed E-state index contributed by atoms with van der Waals surface area (Å²) in [6.45, 7) is 10.5. The molecule has 10 nitrogen and oxygen atoms in total. The van der Waals surface area contributed by atoms with Crippen LogP contribution in [0.2, 0.25) is 0 Å². The van der Waals surface area contributed by atoms with Crippen LogP contribution in [0.4, 0.5) is 22.0 Å². The molecule has 3 aromatic rings. The Bertz CT molecular complexity index is 1190. The number of nitrogens with one attached hydrogen (secondary N) is 2. The molecular weight excluding hydrogens is 474 g/mol. The molecule has 1 amide bonds. The fourth-order valence-electron chi connectivity index (χ4n) is 3.93. The van der Waals surface area contributed by atoms with E-state index in [9.17, 15) is 4.79 Å². The first-order valence-corrected chi connectivity index (χ1v) is 12.4. The SMILES string of the molecule is COc1cc2c(Nc3ccc(NC(=O)OC(C)(C)C)cc3)ncnc2cc1OCCCN1CCOCC1. The summed E-state index contributed by atoms with van der Waals surface area (Å²) in [7, 11) is 1.62. The number of aromatic nitrogens is 2. The number of morpholine rings is 1. The van der Waals surface area contributed by atoms with Gasteiger partial charge in [0.25, 0.3) is 0 Å². The highest BCUT2D eigenvalue weighted by Crippen LogP contribution is 2.35. The fraction of sp³-hybridized carbons (Fsp3) is 0.444. The first-order chi connectivity index (χ1) is 17.8. The first-order valence-electron chi connectivity index (χ1n) is 12.4. The molecule has 0 radical (unpaired) electrons. The Kier molecular flexibility index (Phi) is 8.62. The second-order valence-electron chi connectivity index (χ2n) is 9.73. The molecule has 1 aliphatic rings. The number of rotatable bonds is 9. The molecular formula is C27H35N5O5. The molecule has 10 heteroatoms. The first kappa shape index (κ1) is 26.4. The zero-order valence-electron chi connectivity index (χ0n) is 21.9. The molecule has 37 heavy (non-hydrogen) atoms. The lowest BCUT2D eigenvalue weighted by molar-refractivity contribution is 0.0357. The molecule has 1 fully saturated rings. The van der Waals surface area contributed by atoms with Crippen LogP contribution >= 0.6 is 0 Å². The molecule has 4 rings (SSSR count). The number of methoxy groups -OCH3 is 1. The highest BCUT2D eigenvalue weighted by Gasteiger charge is 2.16. The molecule has 2 aromatic carbocycles. The average molecular weight is 510 g/mol. The highest BCUT2D eigenvalue weighted by atomic mass is 16.6. The maximum atomic E-state index is 12.0. The minimum absolute atomic E-state index is 0.499. The van der Waals surface area contributed by atoms with E-state index in [1.54, 1.807) is 19.2 Å². The molecule has 198 valence electrons. The Labute approximate surface area is 217 Å². The van der Waals surface area contributed by atoms with Crippen molar-refractivity contribution in [3.05, 3.63) is 42.7 Å². The molecule has 0 saturated carbocycles. The Hall–Kier alpha value is -3.63. The van der Waals surface area contributed by atoms with Gasteiger partial charge in [-0.25, -0.2) is 14.8 Å². The highest BCUT2D eigenvalue weighted by molar-refractivity contribution is 5.93. The van der Waals surface area contributed by atoms with E-state index >= 15 is 0 Å². The molecule has 2 N–H and O–H groups in total. The van der Waals surface area contributed by atoms with Crippen molar-refractivity contribution >= 4 is 34.2 Å². The number of hydrogen-bond donors (Lipinski definition) is 2. The molecule has 1 saturated heterocycles. The zero-order chi connectivity index (χ0) is 26.3. The smallest absolute Gasteiger partial charge is 0.412 e. The molecule has 0 spiro atoms. The molecule has 0 atom stereocenters. The van der Waals surface area contributed by atoms with Crippen LogP contribution in [0, 0.1) is 0 Å². The third-order valence-corrected chi connectivity index (χ3v) is 5.69. The average Bonchev–Trinajstić information content (AvgIpc) is 2.87. The largest absolute Gasteiger partial charge is 0.493 e. The Morgan fingerprint density at radius 2 is 1.78 bits per heavy atom. The van der Waals surface area contributed by atoms with Gasteiger partial charge in [0.1, 0.15) is 17.7 Å². The fourth-order valence-corrected chi connectivity index (χ4v) is 3.93. The summed E-state index contributed by atoms with van der Waals surface area (Å²) in [5, 5.41) is 6.85. The number of carbonyl (C=O) groups excluding carboxylic acids is 1. The third kappa shape index (κ3) is 7.68. The van der Waals surface area contributed by atoms with Gasteiger partial charge in [-0.1, -0.05) is 0 Å². The van der Waals surface area contributed by atoms with Crippen LogP contribution in [0.15, 0.2) is 42.7 Å². The monoisotopic (exact) mass is 509 g/mol. The van der Waals surface area contributed by atoms with Crippen molar-refractivity contribution in [2.45, 2.75) is 32.8 Å². The quantitative estimate of drug-likeness (QED) is 0.392. The van der Waals surface area contributed by atoms with E-state index in [0.29, 0.717) is 29.6 Å². The molecule has 2 heterocycles. The molecule has 0 bridgehead atoms. The predicted molar refractivity (Wildman–Crippen MR) is 143 cm³/mol. The predicted octanol–water partition coefficient (Wildman–Crippen LogP) is 4.83. The van der Waals surface area contributed by atoms with Gasteiger partial charge in [-0.05, 0) is 57.5 Å². The minimum atomic E-state index is -0.561. The van der Waals surface area contributed by atoms with Crippen LogP contribution in [0.3, 0.4) is 0 Å². The van der Waals surface area contributed by atoms with Gasteiger partial charge in [0.15, 0.2) is 11.5 Å². The van der Waals surface area contributed by atoms with Gasteiger partial charge >= 0.3 is 6.09 Å². The lowest BCUT2D eigenvalue weighted by Gasteiger charge is -2.26. The molecule has 0 unspecified atom stereocenters. The summed E-state index contributed by atoms with van der Waals surface area (Å²) in [6, 6.07) is 11.0. The van der Waals surface area contributed by atoms with Crippen molar-refractivity contribution in [3.8, 4) is 11.5 Å². The van der Waals surface area contributed by atoms with Gasteiger partial charge in [0, 0.05) is 42.5 Å². The van der Waals surface area contributed by atoms with Crippen LogP contribution in [0.25, 0.3) is 10.9 Å². The second kappa shape index (κ2) is 12.1. The van der Waals surface area contributed by atoms with Gasteiger partial charge in [0.05, 0.1) is 32.4 Å². The number of anilines is 3. The summed E-state index contributed by atoms with van der Waals surface area (Å²) in [5.74, 6) is 1.91. The summed E-state index contributed by atoms with van der Waals surface area (Å²) < 4.78 is 22.4. The number of ether oxygens (including phenoxy) is 4. The van der Waals surface area contributed by atoms with Crippen LogP contribution < -0.4 is 20.1 Å². The summed E-state index contributed by atoms with van der Waals surface area (Å²) in [4.78, 5) is 23.2. The van der Waals surface area contributed by atoms with E-state index in [-0.39, 0.29) is 0 Å². The van der Waals surface area contributed by atoms with Crippen LogP contribution in [-0.2, 0) is 9.47 Å². The van der Waals surface area contributed by atoms with Crippen molar-refractivity contribution in [1.82, 2.24) is 14.9 Å². The number of carbonyl (C=O) groups is 1. The van der Waals surface area contributed by atoms with Gasteiger partial charge in [0.2, 0.25) is 0 Å². The normalized spacial score (nSPS) is 14.3. The van der Waals surface area contributed by atoms with E-state index < -0.39 is 11.7 Å². The van der Waals surface area contributed by atoms with Crippen molar-refractivity contribution in [1.29, 1.82) is 0 Å². The van der Waals surface area contributed by atoms with Crippen molar-refractivity contribution in [2.75, 3.05) is 57.2 Å². The Balaban J connectivity index is 1.41. The lowest BCUT2D eigenvalue weighted by Crippen LogP contribution is -2.37. The zero-order valence-corrected chi connectivity index (χ0v) is 21.9. The van der Waals surface area contributed by atoms with Gasteiger partial charge in [-0.3, -0.25) is 10.2 Å². The number of nitrogens with zero attached hydrogens (tertiary/aromatic N) is 3. The van der Waals surface area contributed by atoms with E-state index in [2.05, 4.69) is 25.5 Å². The van der Waals surface area contributed by atoms with Crippen LogP contribution in [-0.4, -0.2) is 73.1 Å². The van der Waals surface area contributed by atoms with E-state index in [1.807, 2.05) is 45.0 Å². The van der Waals surface area contributed by atoms with E-state index in [4.69, 9.17) is 18.9 Å². The number of benzene rings is 2. The maximum absolute atomic E-state index is 12.0. The van der Waals surface area contributed by atoms with Crippen LogP contribution in [0.1, 0.15) is 27.2 Å². The van der Waals surface area contributed by atoms with Gasteiger partial charge in [-0.2, -0.15) is 0 Å². The van der Waals surface area contributed by atoms with Crippen molar-refractivity contribution in [2.24, 2.45) is 0 Å². The summed E-state index contributed by atoms with van der Waals surface area (Å²) >= 11 is 0. The molecule has 1 aromatic heterocycles. The van der Waals surface area contributed by atoms with Crippen molar-refractivity contribution < 1.29 is 23.7 Å².